The van der Waals surface area contributed by atoms with Crippen LogP contribution in [0.25, 0.3) is 11.1 Å². The van der Waals surface area contributed by atoms with Crippen LogP contribution in [-0.2, 0) is 10.0 Å². The van der Waals surface area contributed by atoms with Crippen molar-refractivity contribution in [3.8, 4) is 11.1 Å². The van der Waals surface area contributed by atoms with Gasteiger partial charge in [0.2, 0.25) is 10.0 Å². The van der Waals surface area contributed by atoms with Gasteiger partial charge >= 0.3 is 0 Å². The molecule has 1 saturated heterocycles. The number of hydrogen-bond acceptors (Lipinski definition) is 4. The Morgan fingerprint density at radius 1 is 0.897 bits per heavy atom. The molecule has 2 aromatic carbocycles. The first-order chi connectivity index (χ1) is 14.0. The molecule has 0 atom stereocenters. The summed E-state index contributed by atoms with van der Waals surface area (Å²) in [6.07, 6.45) is 1.50. The van der Waals surface area contributed by atoms with Gasteiger partial charge in [-0.2, -0.15) is 4.31 Å². The Balaban J connectivity index is 1.47. The Morgan fingerprint density at radius 3 is 2.21 bits per heavy atom. The lowest BCUT2D eigenvalue weighted by molar-refractivity contribution is 0.0667. The van der Waals surface area contributed by atoms with Crippen LogP contribution in [0.5, 0.6) is 0 Å². The number of piperazine rings is 1. The fourth-order valence-electron chi connectivity index (χ4n) is 3.35. The van der Waals surface area contributed by atoms with Crippen LogP contribution >= 0.6 is 11.6 Å². The lowest BCUT2D eigenvalue weighted by atomic mass is 10.1. The molecule has 0 saturated carbocycles. The van der Waals surface area contributed by atoms with E-state index < -0.39 is 10.0 Å². The van der Waals surface area contributed by atoms with Gasteiger partial charge in [0.25, 0.3) is 5.91 Å². The van der Waals surface area contributed by atoms with E-state index >= 15 is 0 Å². The summed E-state index contributed by atoms with van der Waals surface area (Å²) in [6, 6.07) is 17.4. The molecule has 150 valence electrons. The van der Waals surface area contributed by atoms with Gasteiger partial charge in [-0.25, -0.2) is 8.42 Å². The van der Waals surface area contributed by atoms with Crippen LogP contribution in [-0.4, -0.2) is 49.7 Å². The van der Waals surface area contributed by atoms with Crippen molar-refractivity contribution in [1.82, 2.24) is 9.21 Å². The van der Waals surface area contributed by atoms with Crippen molar-refractivity contribution >= 4 is 27.5 Å². The Kier molecular flexibility index (Phi) is 5.45. The summed E-state index contributed by atoms with van der Waals surface area (Å²) >= 11 is 5.85. The first-order valence-corrected chi connectivity index (χ1v) is 11.0. The lowest BCUT2D eigenvalue weighted by Crippen LogP contribution is -2.50. The molecule has 6 nitrogen and oxygen atoms in total. The van der Waals surface area contributed by atoms with Gasteiger partial charge < -0.3 is 9.32 Å². The summed E-state index contributed by atoms with van der Waals surface area (Å²) in [4.78, 5) is 14.8. The molecule has 0 radical (unpaired) electrons. The fraction of sp³-hybridized carbons (Fsp3) is 0.190. The van der Waals surface area contributed by atoms with Crippen LogP contribution in [0, 0.1) is 0 Å². The minimum absolute atomic E-state index is 0.194. The summed E-state index contributed by atoms with van der Waals surface area (Å²) in [7, 11) is -3.62. The number of amides is 1. The number of rotatable bonds is 4. The van der Waals surface area contributed by atoms with Gasteiger partial charge in [0, 0.05) is 36.8 Å². The highest BCUT2D eigenvalue weighted by Gasteiger charge is 2.32. The van der Waals surface area contributed by atoms with E-state index in [1.807, 2.05) is 30.3 Å². The summed E-state index contributed by atoms with van der Waals surface area (Å²) in [6.45, 7) is 1.03. The quantitative estimate of drug-likeness (QED) is 0.632. The molecule has 2 heterocycles. The third-order valence-corrected chi connectivity index (χ3v) is 7.09. The van der Waals surface area contributed by atoms with Gasteiger partial charge in [-0.15, -0.1) is 0 Å². The Morgan fingerprint density at radius 2 is 1.55 bits per heavy atom. The average molecular weight is 431 g/mol. The molecule has 0 unspecified atom stereocenters. The van der Waals surface area contributed by atoms with Gasteiger partial charge in [0.1, 0.15) is 0 Å². The Bertz CT molecular complexity index is 1100. The number of halogens is 1. The molecule has 1 aromatic heterocycles. The minimum Gasteiger partial charge on any atom is -0.459 e. The van der Waals surface area contributed by atoms with E-state index in [1.165, 1.54) is 22.7 Å². The molecule has 1 fully saturated rings. The SMILES string of the molecule is O=C(c1occc1-c1ccccc1)N1CCN(S(=O)(=O)c2ccc(Cl)cc2)CC1. The number of benzene rings is 2. The number of hydrogen-bond donors (Lipinski definition) is 0. The van der Waals surface area contributed by atoms with Crippen molar-refractivity contribution in [1.29, 1.82) is 0 Å². The van der Waals surface area contributed by atoms with Gasteiger partial charge in [-0.05, 0) is 35.9 Å². The second-order valence-corrected chi connectivity index (χ2v) is 9.05. The maximum absolute atomic E-state index is 13.0. The molecule has 1 aliphatic heterocycles. The number of carbonyl (C=O) groups is 1. The number of nitrogens with zero attached hydrogens (tertiary/aromatic N) is 2. The first kappa shape index (κ1) is 19.7. The molecular weight excluding hydrogens is 412 g/mol. The molecule has 29 heavy (non-hydrogen) atoms. The normalized spacial score (nSPS) is 15.4. The second kappa shape index (κ2) is 8.02. The highest BCUT2D eigenvalue weighted by atomic mass is 35.5. The Labute approximate surface area is 174 Å². The maximum Gasteiger partial charge on any atom is 0.290 e. The molecule has 3 aromatic rings. The van der Waals surface area contributed by atoms with Gasteiger partial charge in [-0.3, -0.25) is 4.79 Å². The van der Waals surface area contributed by atoms with Crippen molar-refractivity contribution in [2.24, 2.45) is 0 Å². The molecule has 0 N–H and O–H groups in total. The predicted molar refractivity (Wildman–Crippen MR) is 110 cm³/mol. The molecular formula is C21H19ClN2O4S. The zero-order valence-corrected chi connectivity index (χ0v) is 17.1. The summed E-state index contributed by atoms with van der Waals surface area (Å²) in [5.41, 5.74) is 1.63. The smallest absolute Gasteiger partial charge is 0.290 e. The number of sulfonamides is 1. The minimum atomic E-state index is -3.62. The first-order valence-electron chi connectivity index (χ1n) is 9.15. The van der Waals surface area contributed by atoms with Crippen LogP contribution in [0.1, 0.15) is 10.6 Å². The van der Waals surface area contributed by atoms with E-state index in [4.69, 9.17) is 16.0 Å². The fourth-order valence-corrected chi connectivity index (χ4v) is 4.90. The molecule has 0 aliphatic carbocycles. The maximum atomic E-state index is 13.0. The van der Waals surface area contributed by atoms with E-state index in [-0.39, 0.29) is 29.7 Å². The van der Waals surface area contributed by atoms with Crippen molar-refractivity contribution in [2.45, 2.75) is 4.90 Å². The average Bonchev–Trinajstić information content (AvgIpc) is 3.24. The van der Waals surface area contributed by atoms with E-state index in [0.717, 1.165) is 11.1 Å². The lowest BCUT2D eigenvalue weighted by Gasteiger charge is -2.33. The highest BCUT2D eigenvalue weighted by Crippen LogP contribution is 2.27. The molecule has 0 bridgehead atoms. The molecule has 8 heteroatoms. The Hall–Kier alpha value is -2.61. The number of furan rings is 1. The van der Waals surface area contributed by atoms with Crippen LogP contribution in [0.2, 0.25) is 5.02 Å². The molecule has 1 aliphatic rings. The van der Waals surface area contributed by atoms with E-state index in [9.17, 15) is 13.2 Å². The molecule has 4 rings (SSSR count). The van der Waals surface area contributed by atoms with Gasteiger partial charge in [0.05, 0.1) is 11.2 Å². The molecule has 1 amide bonds. The third-order valence-electron chi connectivity index (χ3n) is 4.92. The van der Waals surface area contributed by atoms with Crippen LogP contribution in [0.15, 0.2) is 76.2 Å². The summed E-state index contributed by atoms with van der Waals surface area (Å²) in [5.74, 6) is 0.0302. The summed E-state index contributed by atoms with van der Waals surface area (Å²) in [5, 5.41) is 0.479. The van der Waals surface area contributed by atoms with Crippen molar-refractivity contribution < 1.29 is 17.6 Å². The standard InChI is InChI=1S/C21H19ClN2O4S/c22-17-6-8-18(9-7-17)29(26,27)24-13-11-23(12-14-24)21(25)20-19(10-15-28-20)16-4-2-1-3-5-16/h1-10,15H,11-14H2. The van der Waals surface area contributed by atoms with E-state index in [1.54, 1.807) is 23.1 Å². The highest BCUT2D eigenvalue weighted by molar-refractivity contribution is 7.89. The van der Waals surface area contributed by atoms with Crippen LogP contribution < -0.4 is 0 Å². The van der Waals surface area contributed by atoms with Crippen molar-refractivity contribution in [2.75, 3.05) is 26.2 Å². The predicted octanol–water partition coefficient (Wildman–Crippen LogP) is 3.75. The number of carbonyl (C=O) groups excluding carboxylic acids is 1. The van der Waals surface area contributed by atoms with Crippen molar-refractivity contribution in [3.05, 3.63) is 77.7 Å². The molecule has 0 spiro atoms. The van der Waals surface area contributed by atoms with Gasteiger partial charge in [-0.1, -0.05) is 41.9 Å². The van der Waals surface area contributed by atoms with Crippen LogP contribution in [0.3, 0.4) is 0 Å². The second-order valence-electron chi connectivity index (χ2n) is 6.68. The summed E-state index contributed by atoms with van der Waals surface area (Å²) < 4.78 is 32.5. The van der Waals surface area contributed by atoms with Crippen molar-refractivity contribution in [3.63, 3.8) is 0 Å². The zero-order chi connectivity index (χ0) is 20.4. The third kappa shape index (κ3) is 3.94. The van der Waals surface area contributed by atoms with E-state index in [0.29, 0.717) is 18.1 Å². The topological polar surface area (TPSA) is 70.8 Å². The van der Waals surface area contributed by atoms with E-state index in [2.05, 4.69) is 0 Å². The monoisotopic (exact) mass is 430 g/mol. The van der Waals surface area contributed by atoms with Crippen LogP contribution in [0.4, 0.5) is 0 Å². The largest absolute Gasteiger partial charge is 0.459 e. The van der Waals surface area contributed by atoms with Gasteiger partial charge in [0.15, 0.2) is 5.76 Å². The zero-order valence-electron chi connectivity index (χ0n) is 15.5.